The van der Waals surface area contributed by atoms with Gasteiger partial charge in [0.25, 0.3) is 5.91 Å². The van der Waals surface area contributed by atoms with E-state index in [9.17, 15) is 19.5 Å². The van der Waals surface area contributed by atoms with Crippen molar-refractivity contribution in [1.29, 1.82) is 0 Å². The summed E-state index contributed by atoms with van der Waals surface area (Å²) in [6, 6.07) is 22.8. The molecule has 5 atom stereocenters. The van der Waals surface area contributed by atoms with Crippen molar-refractivity contribution < 1.29 is 24.2 Å². The molecule has 0 saturated carbocycles. The van der Waals surface area contributed by atoms with E-state index < -0.39 is 29.6 Å². The third-order valence-electron chi connectivity index (χ3n) is 9.88. The third-order valence-corrected chi connectivity index (χ3v) is 9.88. The fraction of sp³-hybridized carbons (Fsp3) is 0.395. The SMILES string of the molecule is C=CCN(Cc1ccccc1)C(=O)[C@@H]1[C@H]2C(=O)N(CCCCCO)C(C(=O)N(CC=C)c3ccc4ccccc4c3)C23CC[C@H]1O3. The molecule has 3 aromatic carbocycles. The second-order valence-electron chi connectivity index (χ2n) is 12.6. The number of carbonyl (C=O) groups excluding carboxylic acids is 3. The Bertz CT molecular complexity index is 1610. The van der Waals surface area contributed by atoms with Gasteiger partial charge in [0.1, 0.15) is 11.6 Å². The van der Waals surface area contributed by atoms with Crippen LogP contribution in [0.3, 0.4) is 0 Å². The molecule has 2 bridgehead atoms. The number of carbonyl (C=O) groups is 3. The molecule has 8 nitrogen and oxygen atoms in total. The minimum absolute atomic E-state index is 0.0693. The predicted molar refractivity (Wildman–Crippen MR) is 179 cm³/mol. The minimum Gasteiger partial charge on any atom is -0.396 e. The van der Waals surface area contributed by atoms with Crippen LogP contribution < -0.4 is 4.90 Å². The topological polar surface area (TPSA) is 90.4 Å². The van der Waals surface area contributed by atoms with Crippen LogP contribution in [0.2, 0.25) is 0 Å². The van der Waals surface area contributed by atoms with E-state index in [0.717, 1.165) is 28.4 Å². The zero-order valence-electron chi connectivity index (χ0n) is 26.3. The van der Waals surface area contributed by atoms with Crippen LogP contribution in [0.15, 0.2) is 98.1 Å². The highest BCUT2D eigenvalue weighted by Gasteiger charge is 2.74. The number of amides is 3. The summed E-state index contributed by atoms with van der Waals surface area (Å²) in [5.74, 6) is -2.00. The third kappa shape index (κ3) is 5.65. The van der Waals surface area contributed by atoms with Gasteiger partial charge in [-0.1, -0.05) is 72.8 Å². The van der Waals surface area contributed by atoms with E-state index in [0.29, 0.717) is 45.3 Å². The second-order valence-corrected chi connectivity index (χ2v) is 12.6. The molecule has 1 spiro atoms. The van der Waals surface area contributed by atoms with E-state index >= 15 is 0 Å². The number of ether oxygens (including phenoxy) is 1. The van der Waals surface area contributed by atoms with Crippen molar-refractivity contribution in [2.45, 2.75) is 56.4 Å². The molecule has 3 heterocycles. The number of likely N-dealkylation sites (tertiary alicyclic amines) is 1. The first-order valence-electron chi connectivity index (χ1n) is 16.4. The molecular weight excluding hydrogens is 578 g/mol. The Morgan fingerprint density at radius 2 is 1.67 bits per heavy atom. The molecule has 3 aromatic rings. The van der Waals surface area contributed by atoms with E-state index in [1.165, 1.54) is 0 Å². The monoisotopic (exact) mass is 621 g/mol. The molecule has 6 rings (SSSR count). The summed E-state index contributed by atoms with van der Waals surface area (Å²) in [5.41, 5.74) is 0.610. The molecule has 240 valence electrons. The lowest BCUT2D eigenvalue weighted by Crippen LogP contribution is -2.56. The van der Waals surface area contributed by atoms with E-state index in [-0.39, 0.29) is 30.9 Å². The molecule has 0 radical (unpaired) electrons. The lowest BCUT2D eigenvalue weighted by molar-refractivity contribution is -0.145. The number of aliphatic hydroxyl groups is 1. The molecule has 8 heteroatoms. The molecule has 0 aliphatic carbocycles. The first-order valence-corrected chi connectivity index (χ1v) is 16.4. The molecule has 1 N–H and O–H groups in total. The largest absolute Gasteiger partial charge is 0.396 e. The van der Waals surface area contributed by atoms with E-state index in [4.69, 9.17) is 4.74 Å². The molecule has 2 unspecified atom stereocenters. The van der Waals surface area contributed by atoms with E-state index in [1.807, 2.05) is 72.8 Å². The Balaban J connectivity index is 1.36. The molecule has 3 amide bonds. The molecule has 3 fully saturated rings. The number of hydrogen-bond donors (Lipinski definition) is 1. The van der Waals surface area contributed by atoms with Crippen LogP contribution in [0.4, 0.5) is 5.69 Å². The van der Waals surface area contributed by atoms with Crippen LogP contribution in [0.5, 0.6) is 0 Å². The minimum atomic E-state index is -1.10. The number of nitrogens with zero attached hydrogens (tertiary/aromatic N) is 3. The van der Waals surface area contributed by atoms with Crippen molar-refractivity contribution in [3.8, 4) is 0 Å². The van der Waals surface area contributed by atoms with Crippen molar-refractivity contribution in [3.63, 3.8) is 0 Å². The normalized spacial score (nSPS) is 24.6. The molecule has 3 aliphatic rings. The van der Waals surface area contributed by atoms with Gasteiger partial charge in [0.2, 0.25) is 11.8 Å². The average Bonchev–Trinajstić information content (AvgIpc) is 3.72. The number of fused-ring (bicyclic) bond motifs is 2. The Hall–Kier alpha value is -4.27. The van der Waals surface area contributed by atoms with Gasteiger partial charge in [-0.15, -0.1) is 13.2 Å². The van der Waals surface area contributed by atoms with Gasteiger partial charge in [0.15, 0.2) is 0 Å². The molecule has 3 aliphatic heterocycles. The summed E-state index contributed by atoms with van der Waals surface area (Å²) in [4.78, 5) is 48.9. The number of unbranched alkanes of at least 4 members (excludes halogenated alkanes) is 2. The fourth-order valence-electron chi connectivity index (χ4n) is 7.87. The summed E-state index contributed by atoms with van der Waals surface area (Å²) in [5, 5.41) is 11.4. The maximum Gasteiger partial charge on any atom is 0.253 e. The van der Waals surface area contributed by atoms with Crippen molar-refractivity contribution in [3.05, 3.63) is 104 Å². The van der Waals surface area contributed by atoms with Gasteiger partial charge in [-0.3, -0.25) is 14.4 Å². The first-order chi connectivity index (χ1) is 22.4. The van der Waals surface area contributed by atoms with Crippen molar-refractivity contribution in [2.75, 3.05) is 31.1 Å². The van der Waals surface area contributed by atoms with Gasteiger partial charge in [0, 0.05) is 38.5 Å². The molecule has 3 saturated heterocycles. The summed E-state index contributed by atoms with van der Waals surface area (Å²) in [7, 11) is 0. The summed E-state index contributed by atoms with van der Waals surface area (Å²) >= 11 is 0. The lowest BCUT2D eigenvalue weighted by atomic mass is 9.70. The maximum atomic E-state index is 14.9. The van der Waals surface area contributed by atoms with Gasteiger partial charge in [-0.2, -0.15) is 0 Å². The highest BCUT2D eigenvalue weighted by molar-refractivity contribution is 6.05. The summed E-state index contributed by atoms with van der Waals surface area (Å²) in [6.45, 7) is 9.23. The quantitative estimate of drug-likeness (QED) is 0.200. The fourth-order valence-corrected chi connectivity index (χ4v) is 7.87. The average molecular weight is 622 g/mol. The number of benzene rings is 3. The highest BCUT2D eigenvalue weighted by Crippen LogP contribution is 2.59. The van der Waals surface area contributed by atoms with E-state index in [1.54, 1.807) is 26.9 Å². The zero-order valence-corrected chi connectivity index (χ0v) is 26.3. The van der Waals surface area contributed by atoms with Crippen molar-refractivity contribution in [2.24, 2.45) is 11.8 Å². The predicted octanol–water partition coefficient (Wildman–Crippen LogP) is 5.11. The zero-order chi connectivity index (χ0) is 32.3. The number of rotatable bonds is 14. The van der Waals surface area contributed by atoms with Gasteiger partial charge in [-0.25, -0.2) is 0 Å². The Morgan fingerprint density at radius 1 is 0.935 bits per heavy atom. The second kappa shape index (κ2) is 13.6. The Morgan fingerprint density at radius 3 is 2.41 bits per heavy atom. The van der Waals surface area contributed by atoms with Crippen LogP contribution in [0.25, 0.3) is 10.8 Å². The van der Waals surface area contributed by atoms with Crippen LogP contribution in [0.1, 0.15) is 37.7 Å². The van der Waals surface area contributed by atoms with Crippen molar-refractivity contribution in [1.82, 2.24) is 9.80 Å². The number of anilines is 1. The van der Waals surface area contributed by atoms with Gasteiger partial charge in [0.05, 0.1) is 17.9 Å². The number of aliphatic hydroxyl groups excluding tert-OH is 1. The maximum absolute atomic E-state index is 14.9. The lowest BCUT2D eigenvalue weighted by Gasteiger charge is -2.37. The molecule has 46 heavy (non-hydrogen) atoms. The van der Waals surface area contributed by atoms with Gasteiger partial charge >= 0.3 is 0 Å². The van der Waals surface area contributed by atoms with Crippen molar-refractivity contribution >= 4 is 34.2 Å². The highest BCUT2D eigenvalue weighted by atomic mass is 16.5. The smallest absolute Gasteiger partial charge is 0.253 e. The van der Waals surface area contributed by atoms with Crippen LogP contribution >= 0.6 is 0 Å². The number of hydrogen-bond acceptors (Lipinski definition) is 5. The molecular formula is C38H43N3O5. The van der Waals surface area contributed by atoms with Gasteiger partial charge < -0.3 is 24.5 Å². The summed E-state index contributed by atoms with van der Waals surface area (Å²) < 4.78 is 6.74. The van der Waals surface area contributed by atoms with Crippen LogP contribution in [-0.4, -0.2) is 76.6 Å². The Labute approximate surface area is 270 Å². The van der Waals surface area contributed by atoms with Gasteiger partial charge in [-0.05, 0) is 60.6 Å². The van der Waals surface area contributed by atoms with E-state index in [2.05, 4.69) is 13.2 Å². The Kier molecular flexibility index (Phi) is 9.38. The molecule has 0 aromatic heterocycles. The first kappa shape index (κ1) is 31.7. The van der Waals surface area contributed by atoms with Crippen LogP contribution in [-0.2, 0) is 25.7 Å². The van der Waals surface area contributed by atoms with Crippen LogP contribution in [0, 0.1) is 11.8 Å². The standard InChI is InChI=1S/C38H43N3O5/c1-3-21-39(26-27-13-7-5-8-14-27)35(43)32-31-19-20-38(46-31)33(32)36(44)41(23-11-6-12-24-42)34(38)37(45)40(22-4-2)30-18-17-28-15-9-10-16-29(28)25-30/h3-5,7-10,13-18,25,31-34,42H,1-2,6,11-12,19-24,26H2/t31-,32+,33+,34?,38?/m1/s1. The summed E-state index contributed by atoms with van der Waals surface area (Å²) in [6.07, 6.45) is 6.06.